The molecule has 0 atom stereocenters. The molecule has 0 radical (unpaired) electrons. The number of amides is 1. The number of benzene rings is 1. The van der Waals surface area contributed by atoms with E-state index in [1.807, 2.05) is 32.0 Å². The van der Waals surface area contributed by atoms with Gasteiger partial charge in [-0.1, -0.05) is 25.1 Å². The molecule has 0 unspecified atom stereocenters. The first-order chi connectivity index (χ1) is 12.4. The molecule has 1 aromatic heterocycles. The molecule has 1 aromatic carbocycles. The number of ether oxygens (including phenoxy) is 1. The smallest absolute Gasteiger partial charge is 0.267 e. The Morgan fingerprint density at radius 3 is 2.69 bits per heavy atom. The zero-order valence-electron chi connectivity index (χ0n) is 14.8. The molecule has 3 rings (SSSR count). The van der Waals surface area contributed by atoms with Crippen LogP contribution in [-0.4, -0.2) is 44.9 Å². The van der Waals surface area contributed by atoms with E-state index in [0.29, 0.717) is 26.3 Å². The van der Waals surface area contributed by atoms with Crippen LogP contribution in [0.15, 0.2) is 34.5 Å². The predicted molar refractivity (Wildman–Crippen MR) is 102 cm³/mol. The average Bonchev–Trinajstić information content (AvgIpc) is 3.15. The molecule has 1 amide bonds. The Morgan fingerprint density at radius 2 is 2.00 bits per heavy atom. The van der Waals surface area contributed by atoms with Crippen molar-refractivity contribution in [2.45, 2.75) is 25.2 Å². The Bertz CT molecular complexity index is 900. The number of anilines is 1. The van der Waals surface area contributed by atoms with E-state index >= 15 is 0 Å². The van der Waals surface area contributed by atoms with Crippen molar-refractivity contribution in [3.63, 3.8) is 0 Å². The standard InChI is InChI=1S/C18H22N2O4S2/c1-3-14-6-4-5-13(2)16(14)19-18(21)17-15(7-12-25-17)26(22,23)20-8-10-24-11-9-20/h4-7,12H,3,8-11H2,1-2H3,(H,19,21). The quantitative estimate of drug-likeness (QED) is 0.846. The number of nitrogens with one attached hydrogen (secondary N) is 1. The molecule has 140 valence electrons. The maximum atomic E-state index is 12.9. The van der Waals surface area contributed by atoms with Gasteiger partial charge < -0.3 is 10.1 Å². The molecule has 0 bridgehead atoms. The van der Waals surface area contributed by atoms with Gasteiger partial charge in [-0.3, -0.25) is 4.79 Å². The molecule has 6 nitrogen and oxygen atoms in total. The zero-order valence-corrected chi connectivity index (χ0v) is 16.5. The van der Waals surface area contributed by atoms with Crippen LogP contribution >= 0.6 is 11.3 Å². The van der Waals surface area contributed by atoms with E-state index in [1.165, 1.54) is 10.4 Å². The van der Waals surface area contributed by atoms with Crippen LogP contribution in [0.4, 0.5) is 5.69 Å². The predicted octanol–water partition coefficient (Wildman–Crippen LogP) is 2.89. The van der Waals surface area contributed by atoms with E-state index in [-0.39, 0.29) is 9.77 Å². The van der Waals surface area contributed by atoms with Crippen LogP contribution in [-0.2, 0) is 21.2 Å². The molecule has 1 aliphatic heterocycles. The lowest BCUT2D eigenvalue weighted by Gasteiger charge is -2.26. The van der Waals surface area contributed by atoms with Gasteiger partial charge in [0.05, 0.1) is 13.2 Å². The summed E-state index contributed by atoms with van der Waals surface area (Å²) in [5.41, 5.74) is 2.72. The molecule has 0 spiro atoms. The topological polar surface area (TPSA) is 75.7 Å². The molecule has 26 heavy (non-hydrogen) atoms. The van der Waals surface area contributed by atoms with Gasteiger partial charge in [-0.15, -0.1) is 11.3 Å². The minimum atomic E-state index is -3.71. The Morgan fingerprint density at radius 1 is 1.27 bits per heavy atom. The SMILES string of the molecule is CCc1cccc(C)c1NC(=O)c1sccc1S(=O)(=O)N1CCOCC1. The van der Waals surface area contributed by atoms with E-state index in [0.717, 1.165) is 34.6 Å². The van der Waals surface area contributed by atoms with Crippen molar-refractivity contribution >= 4 is 33.0 Å². The molecule has 1 N–H and O–H groups in total. The Kier molecular flexibility index (Phi) is 5.76. The number of carbonyl (C=O) groups is 1. The van der Waals surface area contributed by atoms with Crippen molar-refractivity contribution in [2.75, 3.05) is 31.6 Å². The van der Waals surface area contributed by atoms with Crippen LogP contribution in [0.5, 0.6) is 0 Å². The summed E-state index contributed by atoms with van der Waals surface area (Å²) >= 11 is 1.14. The third kappa shape index (κ3) is 3.68. The van der Waals surface area contributed by atoms with E-state index in [2.05, 4.69) is 5.32 Å². The molecular weight excluding hydrogens is 372 g/mol. The monoisotopic (exact) mass is 394 g/mol. The Labute approximate surface area is 157 Å². The summed E-state index contributed by atoms with van der Waals surface area (Å²) in [5.74, 6) is -0.393. The summed E-state index contributed by atoms with van der Waals surface area (Å²) in [4.78, 5) is 13.1. The van der Waals surface area contributed by atoms with E-state index in [9.17, 15) is 13.2 Å². The second-order valence-corrected chi connectivity index (χ2v) is 8.87. The highest BCUT2D eigenvalue weighted by Gasteiger charge is 2.31. The Balaban J connectivity index is 1.90. The second kappa shape index (κ2) is 7.87. The normalized spacial score (nSPS) is 15.8. The molecule has 8 heteroatoms. The minimum absolute atomic E-state index is 0.0635. The van der Waals surface area contributed by atoms with Gasteiger partial charge in [-0.2, -0.15) is 4.31 Å². The fourth-order valence-corrected chi connectivity index (χ4v) is 5.67. The van der Waals surface area contributed by atoms with Gasteiger partial charge in [0, 0.05) is 18.8 Å². The van der Waals surface area contributed by atoms with Crippen molar-refractivity contribution in [2.24, 2.45) is 0 Å². The highest BCUT2D eigenvalue weighted by Crippen LogP contribution is 2.28. The highest BCUT2D eigenvalue weighted by atomic mass is 32.2. The molecule has 1 aliphatic rings. The summed E-state index contributed by atoms with van der Waals surface area (Å²) in [5, 5.41) is 4.55. The minimum Gasteiger partial charge on any atom is -0.379 e. The lowest BCUT2D eigenvalue weighted by atomic mass is 10.1. The molecule has 1 fully saturated rings. The summed E-state index contributed by atoms with van der Waals surface area (Å²) in [6.07, 6.45) is 0.778. The lowest BCUT2D eigenvalue weighted by Crippen LogP contribution is -2.41. The van der Waals surface area contributed by atoms with Gasteiger partial charge in [0.2, 0.25) is 10.0 Å². The third-order valence-corrected chi connectivity index (χ3v) is 7.39. The summed E-state index contributed by atoms with van der Waals surface area (Å²) in [7, 11) is -3.71. The number of nitrogens with zero attached hydrogens (tertiary/aromatic N) is 1. The third-order valence-electron chi connectivity index (χ3n) is 4.40. The molecule has 1 saturated heterocycles. The highest BCUT2D eigenvalue weighted by molar-refractivity contribution is 7.89. The van der Waals surface area contributed by atoms with Gasteiger partial charge in [-0.25, -0.2) is 8.42 Å². The van der Waals surface area contributed by atoms with Gasteiger partial charge in [0.25, 0.3) is 5.91 Å². The number of sulfonamides is 1. The first-order valence-electron chi connectivity index (χ1n) is 8.50. The molecule has 2 heterocycles. The van der Waals surface area contributed by atoms with Crippen molar-refractivity contribution in [3.05, 3.63) is 45.6 Å². The first kappa shape index (κ1) is 19.0. The fourth-order valence-electron chi connectivity index (χ4n) is 2.96. The summed E-state index contributed by atoms with van der Waals surface area (Å²) in [6.45, 7) is 5.29. The van der Waals surface area contributed by atoms with E-state index < -0.39 is 15.9 Å². The lowest BCUT2D eigenvalue weighted by molar-refractivity contribution is 0.0730. The number of hydrogen-bond donors (Lipinski definition) is 1. The number of hydrogen-bond acceptors (Lipinski definition) is 5. The number of aryl methyl sites for hydroxylation is 2. The number of carbonyl (C=O) groups excluding carboxylic acids is 1. The number of rotatable bonds is 5. The van der Waals surface area contributed by atoms with E-state index in [4.69, 9.17) is 4.74 Å². The largest absolute Gasteiger partial charge is 0.379 e. The molecular formula is C18H22N2O4S2. The van der Waals surface area contributed by atoms with Crippen LogP contribution in [0.25, 0.3) is 0 Å². The van der Waals surface area contributed by atoms with Gasteiger partial charge in [0.15, 0.2) is 0 Å². The molecule has 2 aromatic rings. The van der Waals surface area contributed by atoms with E-state index in [1.54, 1.807) is 5.38 Å². The van der Waals surface area contributed by atoms with Gasteiger partial charge in [-0.05, 0) is 35.9 Å². The number of para-hydroxylation sites is 1. The summed E-state index contributed by atoms with van der Waals surface area (Å²) in [6, 6.07) is 7.34. The summed E-state index contributed by atoms with van der Waals surface area (Å²) < 4.78 is 32.4. The van der Waals surface area contributed by atoms with Crippen LogP contribution in [0, 0.1) is 6.92 Å². The fraction of sp³-hybridized carbons (Fsp3) is 0.389. The maximum Gasteiger partial charge on any atom is 0.267 e. The van der Waals surface area contributed by atoms with Crippen LogP contribution in [0.3, 0.4) is 0 Å². The van der Waals surface area contributed by atoms with Crippen molar-refractivity contribution in [1.29, 1.82) is 0 Å². The number of thiophene rings is 1. The van der Waals surface area contributed by atoms with Crippen LogP contribution < -0.4 is 5.32 Å². The molecule has 0 saturated carbocycles. The maximum absolute atomic E-state index is 12.9. The van der Waals surface area contributed by atoms with Crippen molar-refractivity contribution in [3.8, 4) is 0 Å². The Hall–Kier alpha value is -1.74. The van der Waals surface area contributed by atoms with Crippen LogP contribution in [0.2, 0.25) is 0 Å². The number of morpholine rings is 1. The van der Waals surface area contributed by atoms with Gasteiger partial charge >= 0.3 is 0 Å². The van der Waals surface area contributed by atoms with Crippen LogP contribution in [0.1, 0.15) is 27.7 Å². The van der Waals surface area contributed by atoms with Crippen molar-refractivity contribution < 1.29 is 17.9 Å². The van der Waals surface area contributed by atoms with Gasteiger partial charge in [0.1, 0.15) is 9.77 Å². The van der Waals surface area contributed by atoms with Crippen molar-refractivity contribution in [1.82, 2.24) is 4.31 Å². The second-order valence-electron chi connectivity index (χ2n) is 6.05. The average molecular weight is 395 g/mol. The first-order valence-corrected chi connectivity index (χ1v) is 10.8. The zero-order chi connectivity index (χ0) is 18.7. The molecule has 0 aliphatic carbocycles.